The number of benzene rings is 1. The van der Waals surface area contributed by atoms with Gasteiger partial charge < -0.3 is 10.2 Å². The number of nitrogens with zero attached hydrogens (tertiary/aromatic N) is 2. The third-order valence-electron chi connectivity index (χ3n) is 3.24. The molecule has 0 bridgehead atoms. The van der Waals surface area contributed by atoms with Crippen LogP contribution < -0.4 is 10.2 Å². The van der Waals surface area contributed by atoms with E-state index in [1.807, 2.05) is 17.6 Å². The van der Waals surface area contributed by atoms with Gasteiger partial charge in [0.15, 0.2) is 0 Å². The number of rotatable bonds is 7. The fraction of sp³-hybridized carbons (Fsp3) is 0.438. The maximum atomic E-state index is 6.39. The number of anilines is 1. The molecule has 0 saturated heterocycles. The van der Waals surface area contributed by atoms with E-state index in [9.17, 15) is 0 Å². The summed E-state index contributed by atoms with van der Waals surface area (Å²) < 4.78 is 0. The standard InChI is InChI=1S/C16H22ClN3S/c1-12(2)7-18-8-14-15(17)5-4-6-16(14)20(3)9-13-10-21-11-19-13/h4-6,10-12,18H,7-9H2,1-3H3. The average molecular weight is 324 g/mol. The van der Waals surface area contributed by atoms with Gasteiger partial charge in [0, 0.05) is 35.2 Å². The summed E-state index contributed by atoms with van der Waals surface area (Å²) in [6, 6.07) is 6.07. The van der Waals surface area contributed by atoms with Crippen LogP contribution in [-0.2, 0) is 13.1 Å². The van der Waals surface area contributed by atoms with Gasteiger partial charge in [0.05, 0.1) is 17.7 Å². The Kier molecular flexibility index (Phi) is 6.03. The molecule has 21 heavy (non-hydrogen) atoms. The highest BCUT2D eigenvalue weighted by atomic mass is 35.5. The van der Waals surface area contributed by atoms with Gasteiger partial charge in [-0.15, -0.1) is 11.3 Å². The zero-order chi connectivity index (χ0) is 15.2. The smallest absolute Gasteiger partial charge is 0.0795 e. The van der Waals surface area contributed by atoms with Crippen molar-refractivity contribution in [3.05, 3.63) is 45.4 Å². The highest BCUT2D eigenvalue weighted by Gasteiger charge is 2.12. The molecule has 2 rings (SSSR count). The Hall–Kier alpha value is -1.10. The van der Waals surface area contributed by atoms with Crippen molar-refractivity contribution in [2.75, 3.05) is 18.5 Å². The Morgan fingerprint density at radius 3 is 2.86 bits per heavy atom. The average Bonchev–Trinajstić information content (AvgIpc) is 2.93. The van der Waals surface area contributed by atoms with Gasteiger partial charge in [-0.25, -0.2) is 4.98 Å². The summed E-state index contributed by atoms with van der Waals surface area (Å²) in [6.07, 6.45) is 0. The fourth-order valence-electron chi connectivity index (χ4n) is 2.21. The summed E-state index contributed by atoms with van der Waals surface area (Å²) in [5.74, 6) is 0.628. The molecule has 0 radical (unpaired) electrons. The molecule has 0 saturated carbocycles. The number of hydrogen-bond acceptors (Lipinski definition) is 4. The van der Waals surface area contributed by atoms with E-state index in [1.165, 1.54) is 0 Å². The normalized spacial score (nSPS) is 11.1. The second kappa shape index (κ2) is 7.78. The van der Waals surface area contributed by atoms with Crippen LogP contribution in [0.1, 0.15) is 25.1 Å². The van der Waals surface area contributed by atoms with Gasteiger partial charge in [-0.2, -0.15) is 0 Å². The van der Waals surface area contributed by atoms with Crippen LogP contribution in [0.4, 0.5) is 5.69 Å². The third-order valence-corrected chi connectivity index (χ3v) is 4.23. The second-order valence-corrected chi connectivity index (χ2v) is 6.72. The SMILES string of the molecule is CC(C)CNCc1c(Cl)cccc1N(C)Cc1cscn1. The van der Waals surface area contributed by atoms with Gasteiger partial charge >= 0.3 is 0 Å². The number of halogens is 1. The zero-order valence-corrected chi connectivity index (χ0v) is 14.3. The first-order valence-electron chi connectivity index (χ1n) is 7.14. The highest BCUT2D eigenvalue weighted by molar-refractivity contribution is 7.07. The Labute approximate surface area is 136 Å². The van der Waals surface area contributed by atoms with E-state index in [1.54, 1.807) is 11.3 Å². The molecule has 1 aromatic carbocycles. The van der Waals surface area contributed by atoms with Crippen molar-refractivity contribution >= 4 is 28.6 Å². The van der Waals surface area contributed by atoms with Crippen molar-refractivity contribution in [1.82, 2.24) is 10.3 Å². The Bertz CT molecular complexity index is 555. The predicted octanol–water partition coefficient (Wildman–Crippen LogP) is 4.18. The number of thiazole rings is 1. The van der Waals surface area contributed by atoms with Crippen LogP contribution in [0.15, 0.2) is 29.1 Å². The first-order valence-corrected chi connectivity index (χ1v) is 8.46. The molecular weight excluding hydrogens is 302 g/mol. The summed E-state index contributed by atoms with van der Waals surface area (Å²) >= 11 is 8.02. The minimum atomic E-state index is 0.628. The Balaban J connectivity index is 2.12. The Morgan fingerprint density at radius 2 is 2.19 bits per heavy atom. The molecule has 1 aromatic heterocycles. The maximum absolute atomic E-state index is 6.39. The largest absolute Gasteiger partial charge is 0.368 e. The van der Waals surface area contributed by atoms with E-state index in [0.717, 1.165) is 41.6 Å². The minimum absolute atomic E-state index is 0.628. The lowest BCUT2D eigenvalue weighted by atomic mass is 10.1. The van der Waals surface area contributed by atoms with Gasteiger partial charge in [0.2, 0.25) is 0 Å². The quantitative estimate of drug-likeness (QED) is 0.828. The van der Waals surface area contributed by atoms with E-state index < -0.39 is 0 Å². The van der Waals surface area contributed by atoms with Crippen molar-refractivity contribution in [3.63, 3.8) is 0 Å². The summed E-state index contributed by atoms with van der Waals surface area (Å²) in [5, 5.41) is 6.37. The summed E-state index contributed by atoms with van der Waals surface area (Å²) in [4.78, 5) is 6.55. The van der Waals surface area contributed by atoms with Gasteiger partial charge in [-0.3, -0.25) is 0 Å². The highest BCUT2D eigenvalue weighted by Crippen LogP contribution is 2.27. The van der Waals surface area contributed by atoms with Crippen molar-refractivity contribution in [3.8, 4) is 0 Å². The molecule has 0 unspecified atom stereocenters. The molecule has 5 heteroatoms. The second-order valence-electron chi connectivity index (χ2n) is 5.60. The first-order chi connectivity index (χ1) is 10.1. The molecule has 0 aliphatic rings. The van der Waals surface area contributed by atoms with Crippen LogP contribution in [-0.4, -0.2) is 18.6 Å². The number of aromatic nitrogens is 1. The predicted molar refractivity (Wildman–Crippen MR) is 92.2 cm³/mol. The number of hydrogen-bond donors (Lipinski definition) is 1. The van der Waals surface area contributed by atoms with Crippen LogP contribution in [0.25, 0.3) is 0 Å². The van der Waals surface area contributed by atoms with E-state index in [2.05, 4.69) is 47.5 Å². The number of nitrogens with one attached hydrogen (secondary N) is 1. The molecular formula is C16H22ClN3S. The van der Waals surface area contributed by atoms with Crippen LogP contribution in [0.5, 0.6) is 0 Å². The summed E-state index contributed by atoms with van der Waals surface area (Å²) in [7, 11) is 2.08. The maximum Gasteiger partial charge on any atom is 0.0795 e. The molecule has 114 valence electrons. The van der Waals surface area contributed by atoms with E-state index >= 15 is 0 Å². The lowest BCUT2D eigenvalue weighted by Crippen LogP contribution is -2.23. The molecule has 0 aliphatic heterocycles. The van der Waals surface area contributed by atoms with E-state index in [4.69, 9.17) is 11.6 Å². The molecule has 0 atom stereocenters. The molecule has 1 N–H and O–H groups in total. The van der Waals surface area contributed by atoms with Gasteiger partial charge in [0.1, 0.15) is 0 Å². The molecule has 3 nitrogen and oxygen atoms in total. The molecule has 0 fully saturated rings. The van der Waals surface area contributed by atoms with Gasteiger partial charge in [0.25, 0.3) is 0 Å². The fourth-order valence-corrected chi connectivity index (χ4v) is 3.00. The summed E-state index contributed by atoms with van der Waals surface area (Å²) in [5.41, 5.74) is 5.26. The molecule has 0 spiro atoms. The van der Waals surface area contributed by atoms with Crippen molar-refractivity contribution in [2.45, 2.75) is 26.9 Å². The lowest BCUT2D eigenvalue weighted by molar-refractivity contribution is 0.552. The molecule has 1 heterocycles. The monoisotopic (exact) mass is 323 g/mol. The van der Waals surface area contributed by atoms with Crippen molar-refractivity contribution < 1.29 is 0 Å². The third kappa shape index (κ3) is 4.70. The van der Waals surface area contributed by atoms with E-state index in [0.29, 0.717) is 5.92 Å². The van der Waals surface area contributed by atoms with Crippen LogP contribution in [0.2, 0.25) is 5.02 Å². The molecule has 2 aromatic rings. The Morgan fingerprint density at radius 1 is 1.38 bits per heavy atom. The van der Waals surface area contributed by atoms with Gasteiger partial charge in [-0.1, -0.05) is 31.5 Å². The zero-order valence-electron chi connectivity index (χ0n) is 12.8. The van der Waals surface area contributed by atoms with Crippen LogP contribution in [0.3, 0.4) is 0 Å². The van der Waals surface area contributed by atoms with E-state index in [-0.39, 0.29) is 0 Å². The van der Waals surface area contributed by atoms with Crippen LogP contribution >= 0.6 is 22.9 Å². The minimum Gasteiger partial charge on any atom is -0.368 e. The van der Waals surface area contributed by atoms with Crippen molar-refractivity contribution in [1.29, 1.82) is 0 Å². The summed E-state index contributed by atoms with van der Waals surface area (Å²) in [6.45, 7) is 6.97. The molecule has 0 aliphatic carbocycles. The molecule has 0 amide bonds. The van der Waals surface area contributed by atoms with Crippen LogP contribution in [0, 0.1) is 5.92 Å². The first kappa shape index (κ1) is 16.3. The van der Waals surface area contributed by atoms with Crippen molar-refractivity contribution in [2.24, 2.45) is 5.92 Å². The lowest BCUT2D eigenvalue weighted by Gasteiger charge is -2.23. The van der Waals surface area contributed by atoms with Gasteiger partial charge in [-0.05, 0) is 24.6 Å². The topological polar surface area (TPSA) is 28.2 Å².